The normalized spacial score (nSPS) is 17.8. The summed E-state index contributed by atoms with van der Waals surface area (Å²) < 4.78 is 85.3. The third kappa shape index (κ3) is 10.7. The van der Waals surface area contributed by atoms with Crippen molar-refractivity contribution in [2.45, 2.75) is 64.3 Å². The van der Waals surface area contributed by atoms with Gasteiger partial charge < -0.3 is 19.9 Å². The second-order valence-electron chi connectivity index (χ2n) is 10.2. The molecule has 0 aliphatic heterocycles. The monoisotopic (exact) mass is 561 g/mol. The van der Waals surface area contributed by atoms with Crippen LogP contribution in [-0.2, 0) is 23.6 Å². The maximum absolute atomic E-state index is 13.3. The maximum atomic E-state index is 13.3. The highest BCUT2D eigenvalue weighted by Gasteiger charge is 2.37. The van der Waals surface area contributed by atoms with E-state index in [1.807, 2.05) is 11.8 Å². The molecule has 1 N–H and O–H groups in total. The Balaban J connectivity index is 2.05. The second-order valence-corrected chi connectivity index (χ2v) is 10.2. The van der Waals surface area contributed by atoms with Crippen LogP contribution >= 0.6 is 0 Å². The van der Waals surface area contributed by atoms with Crippen molar-refractivity contribution in [3.63, 3.8) is 0 Å². The zero-order chi connectivity index (χ0) is 29.2. The SMILES string of the molecule is C=CNCCN(CCC1CCC(CC(=C)OCC)CC1)C(=C)N(C)Cc1cc(C(F)(F)F)cc(C(F)(F)F)c1. The summed E-state index contributed by atoms with van der Waals surface area (Å²) in [6.45, 7) is 16.0. The van der Waals surface area contributed by atoms with Crippen LogP contribution in [0.5, 0.6) is 0 Å². The molecule has 0 amide bonds. The summed E-state index contributed by atoms with van der Waals surface area (Å²) in [6.07, 6.45) is -2.00. The molecule has 220 valence electrons. The first kappa shape index (κ1) is 32.4. The molecule has 4 nitrogen and oxygen atoms in total. The van der Waals surface area contributed by atoms with E-state index in [9.17, 15) is 26.3 Å². The molecular formula is C29H41F6N3O. The van der Waals surface area contributed by atoms with Crippen LogP contribution in [0.3, 0.4) is 0 Å². The Morgan fingerprint density at radius 3 is 2.05 bits per heavy atom. The molecule has 1 saturated carbocycles. The van der Waals surface area contributed by atoms with Crippen LogP contribution in [0.1, 0.15) is 62.1 Å². The first-order valence-electron chi connectivity index (χ1n) is 13.3. The average Bonchev–Trinajstić information content (AvgIpc) is 2.85. The summed E-state index contributed by atoms with van der Waals surface area (Å²) in [5.74, 6) is 2.48. The third-order valence-electron chi connectivity index (χ3n) is 7.18. The molecule has 10 heteroatoms. The van der Waals surface area contributed by atoms with Gasteiger partial charge in [0.05, 0.1) is 29.3 Å². The van der Waals surface area contributed by atoms with Crippen molar-refractivity contribution in [2.24, 2.45) is 11.8 Å². The van der Waals surface area contributed by atoms with Crippen LogP contribution in [0.25, 0.3) is 0 Å². The van der Waals surface area contributed by atoms with Crippen molar-refractivity contribution in [3.8, 4) is 0 Å². The van der Waals surface area contributed by atoms with Gasteiger partial charge in [0.15, 0.2) is 0 Å². The summed E-state index contributed by atoms with van der Waals surface area (Å²) in [5, 5.41) is 3.04. The van der Waals surface area contributed by atoms with Crippen molar-refractivity contribution < 1.29 is 31.1 Å². The molecule has 0 saturated heterocycles. The highest BCUT2D eigenvalue weighted by Crippen LogP contribution is 2.37. The Kier molecular flexibility index (Phi) is 12.1. The number of ether oxygens (including phenoxy) is 1. The predicted molar refractivity (Wildman–Crippen MR) is 142 cm³/mol. The van der Waals surface area contributed by atoms with Crippen LogP contribution in [0.4, 0.5) is 26.3 Å². The van der Waals surface area contributed by atoms with Gasteiger partial charge in [-0.15, -0.1) is 0 Å². The van der Waals surface area contributed by atoms with Crippen LogP contribution in [0, 0.1) is 11.8 Å². The number of allylic oxidation sites excluding steroid dienone is 1. The van der Waals surface area contributed by atoms with E-state index >= 15 is 0 Å². The van der Waals surface area contributed by atoms with Gasteiger partial charge >= 0.3 is 12.4 Å². The standard InChI is InChI=1S/C29H41F6N3O/c1-6-36-13-15-38(14-12-23-8-10-24(11-9-23)16-21(3)39-7-2)22(4)37(5)20-25-17-26(28(30,31)32)19-27(18-25)29(33,34)35/h6,17-19,23-24,36H,1,3-4,7-16,20H2,2,5H3. The molecular weight excluding hydrogens is 520 g/mol. The van der Waals surface area contributed by atoms with Gasteiger partial charge in [-0.1, -0.05) is 32.6 Å². The van der Waals surface area contributed by atoms with Crippen LogP contribution in [-0.4, -0.2) is 43.1 Å². The molecule has 1 aromatic rings. The topological polar surface area (TPSA) is 27.7 Å². The largest absolute Gasteiger partial charge is 0.499 e. The second kappa shape index (κ2) is 14.6. The van der Waals surface area contributed by atoms with Crippen molar-refractivity contribution in [2.75, 3.05) is 33.3 Å². The number of hydrogen-bond acceptors (Lipinski definition) is 4. The lowest BCUT2D eigenvalue weighted by molar-refractivity contribution is -0.143. The van der Waals surface area contributed by atoms with Crippen LogP contribution in [0.15, 0.2) is 55.7 Å². The predicted octanol–water partition coefficient (Wildman–Crippen LogP) is 7.80. The summed E-state index contributed by atoms with van der Waals surface area (Å²) >= 11 is 0. The minimum atomic E-state index is -4.89. The number of nitrogens with one attached hydrogen (secondary N) is 1. The number of hydrogen-bond donors (Lipinski definition) is 1. The van der Waals surface area contributed by atoms with E-state index in [0.717, 1.165) is 56.4 Å². The Labute approximate surface area is 228 Å². The number of halogens is 6. The van der Waals surface area contributed by atoms with Gasteiger partial charge in [-0.25, -0.2) is 0 Å². The Morgan fingerprint density at radius 1 is 0.974 bits per heavy atom. The molecule has 1 aliphatic carbocycles. The Bertz CT molecular complexity index is 919. The molecule has 0 aromatic heterocycles. The highest BCUT2D eigenvalue weighted by atomic mass is 19.4. The molecule has 1 aromatic carbocycles. The van der Waals surface area contributed by atoms with Crippen molar-refractivity contribution in [3.05, 3.63) is 72.4 Å². The third-order valence-corrected chi connectivity index (χ3v) is 7.18. The first-order valence-corrected chi connectivity index (χ1v) is 13.3. The summed E-state index contributed by atoms with van der Waals surface area (Å²) in [4.78, 5) is 3.62. The number of benzene rings is 1. The average molecular weight is 562 g/mol. The van der Waals surface area contributed by atoms with Gasteiger partial charge in [-0.05, 0) is 68.0 Å². The van der Waals surface area contributed by atoms with E-state index in [0.29, 0.717) is 43.9 Å². The van der Waals surface area contributed by atoms with Crippen molar-refractivity contribution >= 4 is 0 Å². The first-order chi connectivity index (χ1) is 18.2. The summed E-state index contributed by atoms with van der Waals surface area (Å²) in [5.41, 5.74) is -2.73. The van der Waals surface area contributed by atoms with E-state index < -0.39 is 23.5 Å². The highest BCUT2D eigenvalue weighted by molar-refractivity contribution is 5.33. The lowest BCUT2D eigenvalue weighted by atomic mass is 9.79. The molecule has 1 aliphatic rings. The summed E-state index contributed by atoms with van der Waals surface area (Å²) in [7, 11) is 1.63. The molecule has 39 heavy (non-hydrogen) atoms. The van der Waals surface area contributed by atoms with E-state index in [4.69, 9.17) is 4.74 Å². The molecule has 0 radical (unpaired) electrons. The fourth-order valence-electron chi connectivity index (χ4n) is 5.04. The number of nitrogens with zero attached hydrogens (tertiary/aromatic N) is 2. The van der Waals surface area contributed by atoms with Gasteiger partial charge in [0, 0.05) is 39.6 Å². The zero-order valence-corrected chi connectivity index (χ0v) is 22.9. The smallest absolute Gasteiger partial charge is 0.416 e. The van der Waals surface area contributed by atoms with Gasteiger partial charge in [0.1, 0.15) is 0 Å². The Hall–Kier alpha value is -2.78. The molecule has 0 spiro atoms. The number of alkyl halides is 6. The van der Waals surface area contributed by atoms with E-state index in [1.165, 1.54) is 0 Å². The molecule has 0 atom stereocenters. The molecule has 0 bridgehead atoms. The minimum absolute atomic E-state index is 0.0862. The molecule has 0 unspecified atom stereocenters. The van der Waals surface area contributed by atoms with E-state index in [2.05, 4.69) is 25.1 Å². The quantitative estimate of drug-likeness (QED) is 0.134. The van der Waals surface area contributed by atoms with Gasteiger partial charge in [0.25, 0.3) is 0 Å². The van der Waals surface area contributed by atoms with Gasteiger partial charge in [0.2, 0.25) is 0 Å². The van der Waals surface area contributed by atoms with Crippen LogP contribution < -0.4 is 5.32 Å². The van der Waals surface area contributed by atoms with E-state index in [-0.39, 0.29) is 18.2 Å². The molecule has 2 rings (SSSR count). The fourth-order valence-corrected chi connectivity index (χ4v) is 5.04. The van der Waals surface area contributed by atoms with Crippen molar-refractivity contribution in [1.29, 1.82) is 0 Å². The molecule has 0 heterocycles. The Morgan fingerprint density at radius 2 is 1.54 bits per heavy atom. The lowest BCUT2D eigenvalue weighted by Crippen LogP contribution is -2.37. The summed E-state index contributed by atoms with van der Waals surface area (Å²) in [6, 6.07) is 1.68. The zero-order valence-electron chi connectivity index (χ0n) is 22.9. The van der Waals surface area contributed by atoms with Crippen molar-refractivity contribution in [1.82, 2.24) is 15.1 Å². The van der Waals surface area contributed by atoms with Gasteiger partial charge in [-0.2, -0.15) is 26.3 Å². The minimum Gasteiger partial charge on any atom is -0.499 e. The fraction of sp³-hybridized carbons (Fsp3) is 0.586. The number of rotatable bonds is 15. The van der Waals surface area contributed by atoms with Crippen LogP contribution in [0.2, 0.25) is 0 Å². The molecule has 1 fully saturated rings. The maximum Gasteiger partial charge on any atom is 0.416 e. The van der Waals surface area contributed by atoms with Gasteiger partial charge in [-0.3, -0.25) is 0 Å². The lowest BCUT2D eigenvalue weighted by Gasteiger charge is -2.35. The van der Waals surface area contributed by atoms with E-state index in [1.54, 1.807) is 18.1 Å².